The lowest BCUT2D eigenvalue weighted by Gasteiger charge is -2.11. The smallest absolute Gasteiger partial charge is 0.330 e. The molecular weight excluding hydrogens is 1820 g/mol. The number of phenolic OH excluding ortho intramolecular Hbond substituents is 1. The molecule has 127 heavy (non-hydrogen) atoms. The third-order valence-electron chi connectivity index (χ3n) is 23.1. The number of aliphatic hydroxyl groups excluding tert-OH is 2. The summed E-state index contributed by atoms with van der Waals surface area (Å²) in [4.78, 5) is 22.2. The predicted octanol–water partition coefficient (Wildman–Crippen LogP) is 28.2. The number of aryl methyl sites for hydroxylation is 1. The van der Waals surface area contributed by atoms with Crippen molar-refractivity contribution in [2.75, 3.05) is 18.9 Å². The minimum absolute atomic E-state index is 0.258. The summed E-state index contributed by atoms with van der Waals surface area (Å²) in [5.41, 5.74) is 32.8. The molecule has 6 N–H and O–H groups in total. The highest BCUT2D eigenvalue weighted by atomic mass is 79.9. The number of fused-ring (bicyclic) bond motifs is 21. The summed E-state index contributed by atoms with van der Waals surface area (Å²) in [5.74, 6) is -1.39. The molecule has 0 amide bonds. The third kappa shape index (κ3) is 19.4. The number of anilines is 1. The van der Waals surface area contributed by atoms with Crippen LogP contribution in [0.25, 0.3) is 121 Å². The van der Waals surface area contributed by atoms with Crippen molar-refractivity contribution in [1.29, 1.82) is 0 Å². The zero-order valence-corrected chi connectivity index (χ0v) is 76.0. The van der Waals surface area contributed by atoms with E-state index < -0.39 is 18.0 Å². The van der Waals surface area contributed by atoms with Gasteiger partial charge in [-0.05, 0) is 281 Å². The molecule has 13 nitrogen and oxygen atoms in total. The average molecular weight is 1900 g/mol. The van der Waals surface area contributed by atoms with E-state index in [2.05, 4.69) is 193 Å². The van der Waals surface area contributed by atoms with Crippen molar-refractivity contribution in [2.45, 2.75) is 64.8 Å². The minimum Gasteiger partial charge on any atom is -0.508 e. The van der Waals surface area contributed by atoms with E-state index in [1.807, 2.05) is 173 Å². The van der Waals surface area contributed by atoms with Gasteiger partial charge in [0.05, 0.1) is 49.0 Å². The van der Waals surface area contributed by atoms with E-state index in [0.717, 1.165) is 116 Å². The fourth-order valence-corrected chi connectivity index (χ4v) is 18.6. The number of carbonyl (C=O) groups is 2. The number of rotatable bonds is 12. The first-order chi connectivity index (χ1) is 61.6. The zero-order valence-electron chi connectivity index (χ0n) is 69.1. The van der Waals surface area contributed by atoms with Crippen LogP contribution < -0.4 is 5.73 Å². The highest BCUT2D eigenvalue weighted by molar-refractivity contribution is 9.10. The second-order valence-corrected chi connectivity index (χ2v) is 35.1. The van der Waals surface area contributed by atoms with Crippen LogP contribution in [0.15, 0.2) is 336 Å². The predicted molar refractivity (Wildman–Crippen MR) is 534 cm³/mol. The quantitative estimate of drug-likeness (QED) is 0.0347. The molecule has 0 aliphatic heterocycles. The number of nitrogens with two attached hydrogens (primary N) is 1. The van der Waals surface area contributed by atoms with Crippen molar-refractivity contribution in [3.8, 4) is 39.1 Å². The first kappa shape index (κ1) is 88.2. The van der Waals surface area contributed by atoms with Crippen LogP contribution in [-0.2, 0) is 53.2 Å². The van der Waals surface area contributed by atoms with Gasteiger partial charge in [0, 0.05) is 129 Å². The molecule has 0 spiro atoms. The first-order valence-corrected chi connectivity index (χ1v) is 44.8. The molecule has 15 aromatic carbocycles. The maximum atomic E-state index is 11.1. The Bertz CT molecular complexity index is 7080. The lowest BCUT2D eigenvalue weighted by molar-refractivity contribution is -0.139. The van der Waals surface area contributed by atoms with Crippen LogP contribution in [0, 0.1) is 0 Å². The topological polar surface area (TPSA) is 182 Å². The number of phenols is 1. The molecule has 3 aliphatic rings. The molecule has 2 atom stereocenters. The number of esters is 1. The minimum atomic E-state index is -0.805. The van der Waals surface area contributed by atoms with E-state index in [9.17, 15) is 19.8 Å². The number of aromatic nitrogens is 4. The maximum Gasteiger partial charge on any atom is 0.330 e. The normalized spacial score (nSPS) is 12.2. The van der Waals surface area contributed by atoms with Gasteiger partial charge in [-0.2, -0.15) is 5.10 Å². The van der Waals surface area contributed by atoms with Crippen molar-refractivity contribution in [3.05, 3.63) is 401 Å². The number of carboxylic acid groups (broad SMARTS) is 1. The summed E-state index contributed by atoms with van der Waals surface area (Å²) in [5, 5.41) is 54.8. The molecule has 4 aromatic heterocycles. The highest BCUT2D eigenvalue weighted by Crippen LogP contribution is 2.44. The highest BCUT2D eigenvalue weighted by Gasteiger charge is 2.25. The second-order valence-electron chi connectivity index (χ2n) is 31.1. The Hall–Kier alpha value is -12.2. The molecule has 0 bridgehead atoms. The van der Waals surface area contributed by atoms with Gasteiger partial charge < -0.3 is 44.6 Å². The van der Waals surface area contributed by atoms with Gasteiger partial charge in [0.15, 0.2) is 0 Å². The first-order valence-electron chi connectivity index (χ1n) is 41.4. The SMILES string of the molecule is Brc1ccc2c(c1)-c1cc(Br)ccc1C2.C=CC(=O)OCCn1c2ccccc2c2ccccc21.CC(C(=O)O)c1ccc2c(c1)Cc1ccc(Cl)cc1-2.CCn1c2ccccc2c2cc(N)ccc21.Clc1ccc2c(c1)-c1cc(Cl)ccc1C2.OCC(O)Cn1c2ccc(Cl)cc2c2cc(Cl)ccc21.Oc1ccc(/C=N/n2c3ccccc3c3ccccc32)cc1. The fraction of sp³-hybridized carbons (Fsp3) is 0.112. The number of nitrogens with zero attached hydrogens (tertiary/aromatic N) is 5. The molecule has 0 fully saturated rings. The van der Waals surface area contributed by atoms with Crippen molar-refractivity contribution in [1.82, 2.24) is 18.4 Å². The number of aromatic hydroxyl groups is 1. The molecule has 0 radical (unpaired) electrons. The molecule has 634 valence electrons. The van der Waals surface area contributed by atoms with Gasteiger partial charge in [-0.25, -0.2) is 9.47 Å². The lowest BCUT2D eigenvalue weighted by Crippen LogP contribution is -2.19. The van der Waals surface area contributed by atoms with Gasteiger partial charge in [0.25, 0.3) is 0 Å². The number of nitrogen functional groups attached to an aromatic ring is 1. The molecule has 4 heterocycles. The number of carboxylic acids is 1. The number of hydrogen-bond donors (Lipinski definition) is 5. The molecule has 2 unspecified atom stereocenters. The summed E-state index contributed by atoms with van der Waals surface area (Å²) in [7, 11) is 0. The molecule has 3 aliphatic carbocycles. The van der Waals surface area contributed by atoms with Crippen LogP contribution in [0.5, 0.6) is 5.75 Å². The summed E-state index contributed by atoms with van der Waals surface area (Å²) in [6.07, 6.45) is 5.08. The number of ether oxygens (including phenoxy) is 1. The number of aliphatic hydroxyl groups is 2. The number of halogens is 7. The van der Waals surface area contributed by atoms with E-state index in [-0.39, 0.29) is 18.3 Å². The third-order valence-corrected chi connectivity index (χ3v) is 25.2. The van der Waals surface area contributed by atoms with E-state index in [0.29, 0.717) is 29.7 Å². The second kappa shape index (κ2) is 39.3. The van der Waals surface area contributed by atoms with E-state index in [1.54, 1.807) is 25.3 Å². The summed E-state index contributed by atoms with van der Waals surface area (Å²) in [6, 6.07) is 103. The molecule has 0 saturated heterocycles. The fourth-order valence-electron chi connectivity index (χ4n) is 17.0. The zero-order chi connectivity index (χ0) is 88.7. The van der Waals surface area contributed by atoms with Crippen LogP contribution in [0.1, 0.15) is 64.3 Å². The largest absolute Gasteiger partial charge is 0.508 e. The van der Waals surface area contributed by atoms with Crippen molar-refractivity contribution in [2.24, 2.45) is 5.10 Å². The van der Waals surface area contributed by atoms with Gasteiger partial charge in [-0.15, -0.1) is 0 Å². The van der Waals surface area contributed by atoms with Crippen LogP contribution >= 0.6 is 89.9 Å². The average Bonchev–Trinajstić information content (AvgIpc) is 1.63. The van der Waals surface area contributed by atoms with Crippen LogP contribution in [0.4, 0.5) is 5.69 Å². The Labute approximate surface area is 776 Å². The molecule has 20 heteroatoms. The van der Waals surface area contributed by atoms with Crippen molar-refractivity contribution < 1.29 is 34.8 Å². The van der Waals surface area contributed by atoms with Crippen LogP contribution in [0.3, 0.4) is 0 Å². The van der Waals surface area contributed by atoms with Crippen LogP contribution in [-0.4, -0.2) is 76.3 Å². The number of hydrogen-bond acceptors (Lipinski definition) is 8. The van der Waals surface area contributed by atoms with Gasteiger partial charge in [0.2, 0.25) is 0 Å². The Balaban J connectivity index is 0.000000109. The molecule has 0 saturated carbocycles. The van der Waals surface area contributed by atoms with Crippen molar-refractivity contribution in [3.63, 3.8) is 0 Å². The summed E-state index contributed by atoms with van der Waals surface area (Å²) in [6.45, 7) is 9.27. The Morgan fingerprint density at radius 2 is 0.835 bits per heavy atom. The number of carbonyl (C=O) groups excluding carboxylic acids is 1. The van der Waals surface area contributed by atoms with Gasteiger partial charge in [-0.1, -0.05) is 236 Å². The number of para-hydroxylation sites is 5. The standard InChI is InChI=1S/C19H14N2O.C17H15NO2.C16H13ClO2.C15H13Cl2NO2.C14H14N2.C13H8Br2.C13H8Cl2/c22-15-11-9-14(10-12-15)13-20-21-18-7-3-1-5-16(18)17-6-2-4-8-19(17)21;1-2-17(19)20-12-11-18-15-9-5-3-7-13(15)14-8-4-6-10-16(14)18;1-9(16(18)19)10-3-5-14-12(6-10)7-11-2-4-13(17)8-15(11)14;16-9-1-3-14-12(5-9)13-6-10(17)2-4-15(13)18(14)7-11(20)8-19;1-2-16-13-6-4-3-5-11(13)12-9-10(15)7-8-14(12)16;2*14-10-3-1-8-5-9-2-4-11(15)7-13(9)12(8)6-10/h1-13,22H;2-10H,1,11-12H2;2-6,8-9H,7H2,1H3,(H,18,19);1-6,11,19-20H,7-8H2;3-9H,2,15H2,1H3;2*1-4,6-7H,5H2/b20-13+;;;;;;. The molecule has 22 rings (SSSR count). The number of aliphatic carboxylic acids is 1. The molecule has 19 aromatic rings. The monoisotopic (exact) mass is 1900 g/mol. The van der Waals surface area contributed by atoms with E-state index in [1.165, 1.54) is 111 Å². The lowest BCUT2D eigenvalue weighted by atomic mass is 9.96. The Kier molecular flexibility index (Phi) is 27.3. The Morgan fingerprint density at radius 1 is 0.449 bits per heavy atom. The number of benzene rings is 15. The summed E-state index contributed by atoms with van der Waals surface area (Å²) >= 11 is 37.2. The molecular formula is C107H85Br2Cl5N6O7. The van der Waals surface area contributed by atoms with Gasteiger partial charge in [-0.3, -0.25) is 4.79 Å². The van der Waals surface area contributed by atoms with Gasteiger partial charge in [0.1, 0.15) is 12.4 Å². The van der Waals surface area contributed by atoms with Gasteiger partial charge >= 0.3 is 11.9 Å². The Morgan fingerprint density at radius 3 is 1.31 bits per heavy atom. The van der Waals surface area contributed by atoms with E-state index >= 15 is 0 Å². The summed E-state index contributed by atoms with van der Waals surface area (Å²) < 4.78 is 15.8. The van der Waals surface area contributed by atoms with E-state index in [4.69, 9.17) is 78.7 Å². The van der Waals surface area contributed by atoms with Crippen molar-refractivity contribution >= 4 is 201 Å². The van der Waals surface area contributed by atoms with Crippen LogP contribution in [0.2, 0.25) is 25.1 Å². The maximum absolute atomic E-state index is 11.1.